The van der Waals surface area contributed by atoms with E-state index in [4.69, 9.17) is 9.47 Å². The van der Waals surface area contributed by atoms with Crippen molar-refractivity contribution in [3.8, 4) is 11.8 Å². The van der Waals surface area contributed by atoms with Gasteiger partial charge < -0.3 is 14.4 Å². The lowest BCUT2D eigenvalue weighted by Crippen LogP contribution is -2.41. The summed E-state index contributed by atoms with van der Waals surface area (Å²) in [7, 11) is 0. The maximum atomic E-state index is 15.3. The van der Waals surface area contributed by atoms with Gasteiger partial charge in [-0.25, -0.2) is 14.0 Å². The van der Waals surface area contributed by atoms with Gasteiger partial charge in [-0.1, -0.05) is 11.8 Å². The predicted molar refractivity (Wildman–Crippen MR) is 159 cm³/mol. The zero-order valence-corrected chi connectivity index (χ0v) is 25.5. The Labute approximate surface area is 246 Å². The van der Waals surface area contributed by atoms with E-state index in [0.29, 0.717) is 65.0 Å². The molecule has 0 atom stereocenters. The largest absolute Gasteiger partial charge is 0.444 e. The van der Waals surface area contributed by atoms with Crippen LogP contribution in [0.3, 0.4) is 0 Å². The van der Waals surface area contributed by atoms with Crippen molar-refractivity contribution in [3.05, 3.63) is 58.3 Å². The highest BCUT2D eigenvalue weighted by Gasteiger charge is 2.28. The number of rotatable bonds is 2. The average Bonchev–Trinajstić information content (AvgIpc) is 2.87. The molecule has 42 heavy (non-hydrogen) atoms. The normalized spacial score (nSPS) is 14.3. The highest BCUT2D eigenvalue weighted by Crippen LogP contribution is 2.30. The predicted octanol–water partition coefficient (Wildman–Crippen LogP) is 6.64. The van der Waals surface area contributed by atoms with E-state index in [0.717, 1.165) is 5.69 Å². The quantitative estimate of drug-likeness (QED) is 0.341. The lowest BCUT2D eigenvalue weighted by atomic mass is 9.93. The topological polar surface area (TPSA) is 107 Å². The number of ether oxygens (including phenoxy) is 2. The molecular weight excluding hydrogens is 537 g/mol. The van der Waals surface area contributed by atoms with Crippen LogP contribution in [0.2, 0.25) is 0 Å². The van der Waals surface area contributed by atoms with Crippen LogP contribution in [0.15, 0.2) is 24.3 Å². The van der Waals surface area contributed by atoms with E-state index in [1.165, 1.54) is 6.07 Å². The minimum atomic E-state index is -0.664. The lowest BCUT2D eigenvalue weighted by Gasteiger charge is -2.33. The zero-order chi connectivity index (χ0) is 30.8. The molecule has 0 saturated carbocycles. The molecule has 1 aliphatic heterocycles. The van der Waals surface area contributed by atoms with Gasteiger partial charge in [0.2, 0.25) is 0 Å². The molecular formula is C32H38FN5O4. The number of likely N-dealkylation sites (tertiary alicyclic amines) is 1. The summed E-state index contributed by atoms with van der Waals surface area (Å²) < 4.78 is 26.1. The van der Waals surface area contributed by atoms with Crippen LogP contribution in [-0.4, -0.2) is 56.6 Å². The summed E-state index contributed by atoms with van der Waals surface area (Å²) in [4.78, 5) is 30.9. The number of carbonyl (C=O) groups excluding carboxylic acids is 2. The summed E-state index contributed by atoms with van der Waals surface area (Å²) in [6, 6.07) is 6.55. The van der Waals surface area contributed by atoms with Crippen molar-refractivity contribution in [2.24, 2.45) is 0 Å². The molecule has 1 fully saturated rings. The van der Waals surface area contributed by atoms with Gasteiger partial charge in [-0.2, -0.15) is 10.2 Å². The second-order valence-electron chi connectivity index (χ2n) is 12.6. The van der Waals surface area contributed by atoms with Crippen molar-refractivity contribution >= 4 is 28.8 Å². The van der Waals surface area contributed by atoms with E-state index >= 15 is 4.39 Å². The summed E-state index contributed by atoms with van der Waals surface area (Å²) in [6.07, 6.45) is 0.442. The second kappa shape index (κ2) is 11.9. The minimum Gasteiger partial charge on any atom is -0.444 e. The molecule has 3 heterocycles. The van der Waals surface area contributed by atoms with Crippen molar-refractivity contribution in [3.63, 3.8) is 0 Å². The van der Waals surface area contributed by atoms with E-state index in [-0.39, 0.29) is 12.0 Å². The van der Waals surface area contributed by atoms with Crippen LogP contribution >= 0.6 is 0 Å². The fourth-order valence-electron chi connectivity index (χ4n) is 4.70. The Morgan fingerprint density at radius 2 is 1.62 bits per heavy atom. The molecule has 10 heteroatoms. The van der Waals surface area contributed by atoms with Gasteiger partial charge in [0.25, 0.3) is 0 Å². The maximum absolute atomic E-state index is 15.3. The number of fused-ring (bicyclic) bond motifs is 1. The van der Waals surface area contributed by atoms with E-state index in [2.05, 4.69) is 32.3 Å². The summed E-state index contributed by atoms with van der Waals surface area (Å²) >= 11 is 0. The van der Waals surface area contributed by atoms with Gasteiger partial charge >= 0.3 is 12.2 Å². The first-order valence-electron chi connectivity index (χ1n) is 14.0. The number of hydrogen-bond acceptors (Lipinski definition) is 7. The van der Waals surface area contributed by atoms with Crippen LogP contribution in [-0.2, 0) is 9.47 Å². The fourth-order valence-corrected chi connectivity index (χ4v) is 4.70. The van der Waals surface area contributed by atoms with Crippen LogP contribution in [0, 0.1) is 31.5 Å². The third kappa shape index (κ3) is 7.93. The third-order valence-electron chi connectivity index (χ3n) is 6.53. The number of piperidine rings is 1. The molecule has 0 unspecified atom stereocenters. The van der Waals surface area contributed by atoms with Crippen molar-refractivity contribution < 1.29 is 23.5 Å². The molecule has 9 nitrogen and oxygen atoms in total. The van der Waals surface area contributed by atoms with E-state index in [1.807, 2.05) is 27.7 Å². The number of carbonyl (C=O) groups is 2. The molecule has 0 spiro atoms. The van der Waals surface area contributed by atoms with Gasteiger partial charge in [0.1, 0.15) is 17.0 Å². The molecule has 1 N–H and O–H groups in total. The first kappa shape index (κ1) is 30.7. The van der Waals surface area contributed by atoms with Gasteiger partial charge in [0.15, 0.2) is 0 Å². The van der Waals surface area contributed by atoms with E-state index in [1.54, 1.807) is 50.8 Å². The number of amides is 2. The minimum absolute atomic E-state index is 0.0634. The SMILES string of the molecule is Cc1cc(C#Cc2cc(F)c3cc(C4CCN(C(=O)OC(C)(C)C)CC4)nnc3c2)c(NC(=O)OC(C)(C)C)c(C)n1. The number of nitrogens with zero attached hydrogens (tertiary/aromatic N) is 4. The Kier molecular flexibility index (Phi) is 8.71. The molecule has 1 aliphatic rings. The number of hydrogen-bond donors (Lipinski definition) is 1. The first-order chi connectivity index (χ1) is 19.6. The van der Waals surface area contributed by atoms with Gasteiger partial charge in [-0.3, -0.25) is 10.3 Å². The van der Waals surface area contributed by atoms with Crippen molar-refractivity contribution in [1.82, 2.24) is 20.1 Å². The van der Waals surface area contributed by atoms with Crippen LogP contribution in [0.5, 0.6) is 0 Å². The van der Waals surface area contributed by atoms with Crippen molar-refractivity contribution in [2.45, 2.75) is 85.4 Å². The van der Waals surface area contributed by atoms with Gasteiger partial charge in [0, 0.05) is 35.7 Å². The number of aryl methyl sites for hydroxylation is 2. The standard InChI is InChI=1S/C32H38FN5O4/c1-19-15-23(28(20(2)34-19)35-29(39)41-31(3,4)5)10-9-21-16-25(33)24-18-26(36-37-27(24)17-21)22-11-13-38(14-12-22)30(40)42-32(6,7)8/h15-18,22H,11-14H2,1-8H3,(H,35,39). The molecule has 0 bridgehead atoms. The lowest BCUT2D eigenvalue weighted by molar-refractivity contribution is 0.0203. The van der Waals surface area contributed by atoms with Gasteiger partial charge in [-0.05, 0) is 92.5 Å². The van der Waals surface area contributed by atoms with Crippen molar-refractivity contribution in [2.75, 3.05) is 18.4 Å². The Morgan fingerprint density at radius 3 is 2.26 bits per heavy atom. The first-order valence-corrected chi connectivity index (χ1v) is 14.0. The maximum Gasteiger partial charge on any atom is 0.412 e. The molecule has 0 aliphatic carbocycles. The van der Waals surface area contributed by atoms with Crippen molar-refractivity contribution in [1.29, 1.82) is 0 Å². The van der Waals surface area contributed by atoms with Gasteiger partial charge in [0.05, 0.1) is 28.2 Å². The molecule has 4 rings (SSSR count). The fraction of sp³-hybridized carbons (Fsp3) is 0.469. The Bertz CT molecular complexity index is 1570. The smallest absolute Gasteiger partial charge is 0.412 e. The summed E-state index contributed by atoms with van der Waals surface area (Å²) in [5.41, 5.74) is 2.58. The highest BCUT2D eigenvalue weighted by atomic mass is 19.1. The van der Waals surface area contributed by atoms with Gasteiger partial charge in [-0.15, -0.1) is 0 Å². The molecule has 2 aromatic heterocycles. The second-order valence-corrected chi connectivity index (χ2v) is 12.6. The summed E-state index contributed by atoms with van der Waals surface area (Å²) in [6.45, 7) is 15.6. The molecule has 222 valence electrons. The average molecular weight is 576 g/mol. The summed E-state index contributed by atoms with van der Waals surface area (Å²) in [5.74, 6) is 5.65. The van der Waals surface area contributed by atoms with Crippen LogP contribution in [0.1, 0.15) is 88.5 Å². The monoisotopic (exact) mass is 575 g/mol. The third-order valence-corrected chi connectivity index (χ3v) is 6.53. The number of pyridine rings is 1. The molecule has 1 aromatic carbocycles. The Balaban J connectivity index is 1.53. The molecule has 1 saturated heterocycles. The van der Waals surface area contributed by atoms with E-state index < -0.39 is 23.1 Å². The number of benzene rings is 1. The zero-order valence-electron chi connectivity index (χ0n) is 25.5. The highest BCUT2D eigenvalue weighted by molar-refractivity contribution is 5.88. The van der Waals surface area contributed by atoms with E-state index in [9.17, 15) is 9.59 Å². The molecule has 0 radical (unpaired) electrons. The Morgan fingerprint density at radius 1 is 0.952 bits per heavy atom. The van der Waals surface area contributed by atoms with Crippen LogP contribution in [0.4, 0.5) is 19.7 Å². The Hall–Kier alpha value is -4.26. The molecule has 3 aromatic rings. The van der Waals surface area contributed by atoms with Crippen LogP contribution in [0.25, 0.3) is 10.9 Å². The summed E-state index contributed by atoms with van der Waals surface area (Å²) in [5, 5.41) is 11.8. The number of halogens is 1. The number of aromatic nitrogens is 3. The molecule has 2 amide bonds. The van der Waals surface area contributed by atoms with Crippen LogP contribution < -0.4 is 5.32 Å². The number of nitrogens with one attached hydrogen (secondary N) is 1. The number of anilines is 1.